The maximum absolute atomic E-state index is 11.9. The standard InChI is InChI=1S/C18H25N3OS2/c22-18(9-4-1-6-15-10-13-23-24-15)19-11-5-12-21-14-20-16-7-2-3-8-17(16)21/h2-3,7-8,14-15H,1,4-6,9-13H2,(H,19,22). The van der Waals surface area contributed by atoms with Gasteiger partial charge in [-0.1, -0.05) is 40.1 Å². The van der Waals surface area contributed by atoms with Crippen molar-refractivity contribution in [2.24, 2.45) is 0 Å². The van der Waals surface area contributed by atoms with Gasteiger partial charge >= 0.3 is 0 Å². The maximum atomic E-state index is 11.9. The van der Waals surface area contributed by atoms with Gasteiger partial charge in [0.15, 0.2) is 0 Å². The quantitative estimate of drug-likeness (QED) is 0.534. The molecule has 6 heteroatoms. The first-order valence-corrected chi connectivity index (χ1v) is 11.2. The molecule has 1 unspecified atom stereocenters. The SMILES string of the molecule is O=C(CCCCC1CCSS1)NCCCn1cnc2ccccc21. The molecule has 24 heavy (non-hydrogen) atoms. The van der Waals surface area contributed by atoms with Gasteiger partial charge in [0.25, 0.3) is 0 Å². The Balaban J connectivity index is 1.26. The van der Waals surface area contributed by atoms with Crippen LogP contribution in [-0.2, 0) is 11.3 Å². The molecule has 1 aromatic carbocycles. The lowest BCUT2D eigenvalue weighted by Crippen LogP contribution is -2.24. The second kappa shape index (κ2) is 9.37. The van der Waals surface area contributed by atoms with E-state index in [2.05, 4.69) is 20.9 Å². The van der Waals surface area contributed by atoms with Gasteiger partial charge in [-0.2, -0.15) is 0 Å². The summed E-state index contributed by atoms with van der Waals surface area (Å²) in [7, 11) is 4.02. The Bertz CT molecular complexity index is 653. The summed E-state index contributed by atoms with van der Waals surface area (Å²) in [6.45, 7) is 1.62. The molecule has 4 nitrogen and oxygen atoms in total. The van der Waals surface area contributed by atoms with Gasteiger partial charge in [0.05, 0.1) is 17.4 Å². The molecular formula is C18H25N3OS2. The lowest BCUT2D eigenvalue weighted by atomic mass is 10.1. The van der Waals surface area contributed by atoms with Gasteiger partial charge < -0.3 is 9.88 Å². The van der Waals surface area contributed by atoms with Gasteiger partial charge in [-0.15, -0.1) is 0 Å². The van der Waals surface area contributed by atoms with Crippen molar-refractivity contribution in [3.63, 3.8) is 0 Å². The molecule has 1 aromatic heterocycles. The molecule has 1 fully saturated rings. The Morgan fingerprint density at radius 3 is 3.08 bits per heavy atom. The van der Waals surface area contributed by atoms with Crippen molar-refractivity contribution in [3.8, 4) is 0 Å². The molecule has 1 aliphatic heterocycles. The van der Waals surface area contributed by atoms with Gasteiger partial charge in [0.1, 0.15) is 0 Å². The molecule has 0 radical (unpaired) electrons. The number of imidazole rings is 1. The first-order valence-electron chi connectivity index (χ1n) is 8.78. The average Bonchev–Trinajstić information content (AvgIpc) is 3.25. The number of hydrogen-bond donors (Lipinski definition) is 1. The molecule has 1 atom stereocenters. The van der Waals surface area contributed by atoms with Gasteiger partial charge in [-0.05, 0) is 37.8 Å². The monoisotopic (exact) mass is 363 g/mol. The highest BCUT2D eigenvalue weighted by Gasteiger charge is 2.15. The molecule has 1 N–H and O–H groups in total. The molecule has 2 heterocycles. The van der Waals surface area contributed by atoms with Crippen LogP contribution in [0.2, 0.25) is 0 Å². The first kappa shape index (κ1) is 17.7. The molecule has 0 saturated carbocycles. The van der Waals surface area contributed by atoms with E-state index >= 15 is 0 Å². The van der Waals surface area contributed by atoms with E-state index in [0.717, 1.165) is 42.2 Å². The fourth-order valence-electron chi connectivity index (χ4n) is 2.98. The maximum Gasteiger partial charge on any atom is 0.219 e. The minimum atomic E-state index is 0.193. The van der Waals surface area contributed by atoms with E-state index in [1.165, 1.54) is 25.0 Å². The Morgan fingerprint density at radius 2 is 2.21 bits per heavy atom. The zero-order valence-electron chi connectivity index (χ0n) is 13.9. The summed E-state index contributed by atoms with van der Waals surface area (Å²) in [6.07, 6.45) is 8.27. The van der Waals surface area contributed by atoms with Gasteiger partial charge in [0.2, 0.25) is 5.91 Å². The number of para-hydroxylation sites is 2. The van der Waals surface area contributed by atoms with Crippen LogP contribution in [0.1, 0.15) is 38.5 Å². The largest absolute Gasteiger partial charge is 0.356 e. The number of aryl methyl sites for hydroxylation is 1. The Labute approximate surface area is 151 Å². The summed E-state index contributed by atoms with van der Waals surface area (Å²) in [5.41, 5.74) is 2.19. The molecule has 2 aromatic rings. The molecule has 130 valence electrons. The highest BCUT2D eigenvalue weighted by molar-refractivity contribution is 8.77. The number of rotatable bonds is 9. The van der Waals surface area contributed by atoms with Gasteiger partial charge in [-0.3, -0.25) is 4.79 Å². The lowest BCUT2D eigenvalue weighted by Gasteiger charge is -2.08. The highest BCUT2D eigenvalue weighted by atomic mass is 33.1. The normalized spacial score (nSPS) is 17.4. The smallest absolute Gasteiger partial charge is 0.219 e. The average molecular weight is 364 g/mol. The third-order valence-corrected chi connectivity index (χ3v) is 7.34. The fourth-order valence-corrected chi connectivity index (χ4v) is 6.00. The van der Waals surface area contributed by atoms with Crippen LogP contribution in [0.5, 0.6) is 0 Å². The number of unbranched alkanes of at least 4 members (excludes halogenated alkanes) is 1. The van der Waals surface area contributed by atoms with Crippen LogP contribution in [0.3, 0.4) is 0 Å². The van der Waals surface area contributed by atoms with Crippen molar-refractivity contribution in [2.75, 3.05) is 12.3 Å². The Morgan fingerprint density at radius 1 is 1.29 bits per heavy atom. The van der Waals surface area contributed by atoms with Crippen LogP contribution in [0.25, 0.3) is 11.0 Å². The van der Waals surface area contributed by atoms with Crippen molar-refractivity contribution in [1.82, 2.24) is 14.9 Å². The van der Waals surface area contributed by atoms with Crippen molar-refractivity contribution in [2.45, 2.75) is 50.3 Å². The van der Waals surface area contributed by atoms with Crippen molar-refractivity contribution >= 4 is 38.5 Å². The first-order chi connectivity index (χ1) is 11.8. The molecular weight excluding hydrogens is 338 g/mol. The van der Waals surface area contributed by atoms with Crippen LogP contribution in [0.4, 0.5) is 0 Å². The number of carbonyl (C=O) groups is 1. The minimum Gasteiger partial charge on any atom is -0.356 e. The van der Waals surface area contributed by atoms with Crippen LogP contribution in [0, 0.1) is 0 Å². The number of nitrogens with one attached hydrogen (secondary N) is 1. The zero-order chi connectivity index (χ0) is 16.6. The zero-order valence-corrected chi connectivity index (χ0v) is 15.6. The van der Waals surface area contributed by atoms with Crippen LogP contribution < -0.4 is 5.32 Å². The number of amides is 1. The number of aromatic nitrogens is 2. The van der Waals surface area contributed by atoms with Crippen molar-refractivity contribution in [3.05, 3.63) is 30.6 Å². The van der Waals surface area contributed by atoms with Crippen LogP contribution >= 0.6 is 21.6 Å². The number of hydrogen-bond acceptors (Lipinski definition) is 4. The topological polar surface area (TPSA) is 46.9 Å². The third kappa shape index (κ3) is 5.18. The predicted molar refractivity (Wildman–Crippen MR) is 104 cm³/mol. The van der Waals surface area contributed by atoms with Gasteiger partial charge in [0, 0.05) is 30.5 Å². The van der Waals surface area contributed by atoms with E-state index in [4.69, 9.17) is 0 Å². The number of fused-ring (bicyclic) bond motifs is 1. The Kier molecular flexibility index (Phi) is 6.90. The molecule has 1 amide bonds. The van der Waals surface area contributed by atoms with Crippen molar-refractivity contribution < 1.29 is 4.79 Å². The third-order valence-electron chi connectivity index (χ3n) is 4.33. The van der Waals surface area contributed by atoms with Crippen LogP contribution in [-0.4, -0.2) is 33.0 Å². The Hall–Kier alpha value is -1.14. The van der Waals surface area contributed by atoms with E-state index in [1.54, 1.807) is 0 Å². The van der Waals surface area contributed by atoms with E-state index < -0.39 is 0 Å². The number of carbonyl (C=O) groups excluding carboxylic acids is 1. The minimum absolute atomic E-state index is 0.193. The second-order valence-corrected chi connectivity index (χ2v) is 8.99. The van der Waals surface area contributed by atoms with Gasteiger partial charge in [-0.25, -0.2) is 4.98 Å². The van der Waals surface area contributed by atoms with E-state index in [0.29, 0.717) is 6.42 Å². The molecule has 3 rings (SSSR count). The number of benzene rings is 1. The summed E-state index contributed by atoms with van der Waals surface area (Å²) in [5.74, 6) is 1.49. The lowest BCUT2D eigenvalue weighted by molar-refractivity contribution is -0.121. The van der Waals surface area contributed by atoms with Crippen LogP contribution in [0.15, 0.2) is 30.6 Å². The van der Waals surface area contributed by atoms with E-state index in [9.17, 15) is 4.79 Å². The molecule has 0 spiro atoms. The predicted octanol–water partition coefficient (Wildman–Crippen LogP) is 4.26. The second-order valence-electron chi connectivity index (χ2n) is 6.20. The summed E-state index contributed by atoms with van der Waals surface area (Å²) < 4.78 is 2.15. The van der Waals surface area contributed by atoms with Crippen molar-refractivity contribution in [1.29, 1.82) is 0 Å². The fraction of sp³-hybridized carbons (Fsp3) is 0.556. The molecule has 0 aliphatic carbocycles. The molecule has 1 aliphatic rings. The highest BCUT2D eigenvalue weighted by Crippen LogP contribution is 2.39. The summed E-state index contributed by atoms with van der Waals surface area (Å²) in [6, 6.07) is 8.15. The summed E-state index contributed by atoms with van der Waals surface area (Å²) in [5, 5.41) is 3.86. The molecule has 1 saturated heterocycles. The van der Waals surface area contributed by atoms with E-state index in [-0.39, 0.29) is 5.91 Å². The molecule has 0 bridgehead atoms. The summed E-state index contributed by atoms with van der Waals surface area (Å²) >= 11 is 0. The number of nitrogens with zero attached hydrogens (tertiary/aromatic N) is 2. The summed E-state index contributed by atoms with van der Waals surface area (Å²) in [4.78, 5) is 16.3. The van der Waals surface area contributed by atoms with E-state index in [1.807, 2.05) is 46.1 Å².